The van der Waals surface area contributed by atoms with Gasteiger partial charge in [-0.05, 0) is 60.7 Å². The zero-order valence-electron chi connectivity index (χ0n) is 16.9. The molecule has 1 aromatic heterocycles. The third kappa shape index (κ3) is 5.12. The maximum absolute atomic E-state index is 12.5. The smallest absolute Gasteiger partial charge is 0.251 e. The number of piperidine rings is 1. The highest BCUT2D eigenvalue weighted by Crippen LogP contribution is 2.18. The van der Waals surface area contributed by atoms with Crippen LogP contribution in [0, 0.1) is 5.92 Å². The van der Waals surface area contributed by atoms with E-state index < -0.39 is 0 Å². The summed E-state index contributed by atoms with van der Waals surface area (Å²) in [6.45, 7) is 6.14. The van der Waals surface area contributed by atoms with E-state index in [1.807, 2.05) is 47.2 Å². The lowest BCUT2D eigenvalue weighted by atomic mass is 9.99. The molecule has 0 unspecified atom stereocenters. The number of carbonyl (C=O) groups is 1. The van der Waals surface area contributed by atoms with Crippen molar-refractivity contribution in [2.75, 3.05) is 13.1 Å². The zero-order valence-corrected chi connectivity index (χ0v) is 16.9. The molecular formula is C24H28N4O. The van der Waals surface area contributed by atoms with Gasteiger partial charge in [-0.25, -0.2) is 4.98 Å². The molecule has 150 valence electrons. The van der Waals surface area contributed by atoms with Crippen LogP contribution in [-0.2, 0) is 13.1 Å². The van der Waals surface area contributed by atoms with Gasteiger partial charge in [0.1, 0.15) is 0 Å². The van der Waals surface area contributed by atoms with E-state index >= 15 is 0 Å². The molecule has 0 aliphatic carbocycles. The highest BCUT2D eigenvalue weighted by atomic mass is 16.1. The lowest BCUT2D eigenvalue weighted by Crippen LogP contribution is -2.33. The molecule has 0 radical (unpaired) electrons. The Bertz CT molecular complexity index is 917. The minimum Gasteiger partial charge on any atom is -0.348 e. The first-order valence-electron chi connectivity index (χ1n) is 10.3. The summed E-state index contributed by atoms with van der Waals surface area (Å²) < 4.78 is 1.95. The number of imidazole rings is 1. The summed E-state index contributed by atoms with van der Waals surface area (Å²) in [6.07, 6.45) is 8.05. The van der Waals surface area contributed by atoms with Gasteiger partial charge in [0.25, 0.3) is 5.91 Å². The van der Waals surface area contributed by atoms with Crippen LogP contribution >= 0.6 is 0 Å². The van der Waals surface area contributed by atoms with Gasteiger partial charge in [0, 0.05) is 43.3 Å². The van der Waals surface area contributed by atoms with Gasteiger partial charge >= 0.3 is 0 Å². The Morgan fingerprint density at radius 1 is 1.10 bits per heavy atom. The minimum absolute atomic E-state index is 0.0400. The number of rotatable bonds is 6. The van der Waals surface area contributed by atoms with Crippen molar-refractivity contribution in [3.8, 4) is 5.69 Å². The average molecular weight is 389 g/mol. The van der Waals surface area contributed by atoms with Crippen LogP contribution in [-0.4, -0.2) is 33.4 Å². The fourth-order valence-electron chi connectivity index (χ4n) is 3.93. The van der Waals surface area contributed by atoms with Gasteiger partial charge in [0.15, 0.2) is 0 Å². The van der Waals surface area contributed by atoms with E-state index in [0.29, 0.717) is 12.1 Å². The van der Waals surface area contributed by atoms with Crippen molar-refractivity contribution in [1.29, 1.82) is 0 Å². The summed E-state index contributed by atoms with van der Waals surface area (Å²) in [6, 6.07) is 16.1. The molecule has 0 saturated carbocycles. The largest absolute Gasteiger partial charge is 0.348 e. The van der Waals surface area contributed by atoms with Crippen molar-refractivity contribution in [3.05, 3.63) is 83.9 Å². The number of nitrogens with zero attached hydrogens (tertiary/aromatic N) is 3. The fourth-order valence-corrected chi connectivity index (χ4v) is 3.93. The van der Waals surface area contributed by atoms with Crippen LogP contribution in [0.3, 0.4) is 0 Å². The first-order chi connectivity index (χ1) is 14.2. The summed E-state index contributed by atoms with van der Waals surface area (Å²) in [5.74, 6) is 0.740. The van der Waals surface area contributed by atoms with Crippen LogP contribution in [0.25, 0.3) is 5.69 Å². The Labute approximate surface area is 172 Å². The van der Waals surface area contributed by atoms with Crippen molar-refractivity contribution in [2.24, 2.45) is 5.92 Å². The second-order valence-electron chi connectivity index (χ2n) is 8.00. The lowest BCUT2D eigenvalue weighted by Gasteiger charge is -2.30. The number of benzene rings is 2. The average Bonchev–Trinajstić information content (AvgIpc) is 3.28. The molecule has 1 fully saturated rings. The highest BCUT2D eigenvalue weighted by Gasteiger charge is 2.16. The van der Waals surface area contributed by atoms with Gasteiger partial charge < -0.3 is 9.88 Å². The van der Waals surface area contributed by atoms with Crippen LogP contribution in [0.1, 0.15) is 41.3 Å². The number of carbonyl (C=O) groups excluding carboxylic acids is 1. The fraction of sp³-hybridized carbons (Fsp3) is 0.333. The van der Waals surface area contributed by atoms with E-state index in [2.05, 4.69) is 34.3 Å². The molecule has 0 spiro atoms. The summed E-state index contributed by atoms with van der Waals surface area (Å²) in [5, 5.41) is 3.01. The van der Waals surface area contributed by atoms with E-state index in [-0.39, 0.29) is 5.91 Å². The van der Waals surface area contributed by atoms with Gasteiger partial charge in [0.05, 0.1) is 6.33 Å². The standard InChI is InChI=1S/C24H28N4O/c1-19-3-2-13-27(16-19)17-21-4-8-22(9-5-21)24(29)26-15-20-6-10-23(11-7-20)28-14-12-25-18-28/h4-12,14,18-19H,2-3,13,15-17H2,1H3,(H,26,29)/t19-/m0/s1. The predicted molar refractivity (Wildman–Crippen MR) is 115 cm³/mol. The van der Waals surface area contributed by atoms with Gasteiger partial charge in [-0.2, -0.15) is 0 Å². The van der Waals surface area contributed by atoms with E-state index in [4.69, 9.17) is 0 Å². The second-order valence-corrected chi connectivity index (χ2v) is 8.00. The van der Waals surface area contributed by atoms with E-state index in [0.717, 1.165) is 23.7 Å². The Morgan fingerprint density at radius 2 is 1.86 bits per heavy atom. The second kappa shape index (κ2) is 9.05. The molecule has 1 aliphatic rings. The molecule has 29 heavy (non-hydrogen) atoms. The van der Waals surface area contributed by atoms with Crippen LogP contribution in [0.2, 0.25) is 0 Å². The van der Waals surface area contributed by atoms with Crippen LogP contribution in [0.5, 0.6) is 0 Å². The van der Waals surface area contributed by atoms with Crippen molar-refractivity contribution in [2.45, 2.75) is 32.9 Å². The molecule has 5 heteroatoms. The molecule has 0 bridgehead atoms. The number of hydrogen-bond donors (Lipinski definition) is 1. The van der Waals surface area contributed by atoms with Gasteiger partial charge in [-0.3, -0.25) is 9.69 Å². The van der Waals surface area contributed by atoms with E-state index in [1.165, 1.54) is 31.5 Å². The van der Waals surface area contributed by atoms with Gasteiger partial charge in [-0.1, -0.05) is 31.2 Å². The monoisotopic (exact) mass is 388 g/mol. The lowest BCUT2D eigenvalue weighted by molar-refractivity contribution is 0.0951. The number of aromatic nitrogens is 2. The molecule has 3 aromatic rings. The van der Waals surface area contributed by atoms with Crippen molar-refractivity contribution in [3.63, 3.8) is 0 Å². The molecule has 2 aromatic carbocycles. The molecule has 5 nitrogen and oxygen atoms in total. The molecule has 2 heterocycles. The topological polar surface area (TPSA) is 50.2 Å². The third-order valence-electron chi connectivity index (χ3n) is 5.56. The molecule has 1 atom stereocenters. The minimum atomic E-state index is -0.0400. The van der Waals surface area contributed by atoms with Crippen LogP contribution < -0.4 is 5.32 Å². The molecule has 1 N–H and O–H groups in total. The van der Waals surface area contributed by atoms with E-state index in [1.54, 1.807) is 12.5 Å². The van der Waals surface area contributed by atoms with Crippen molar-refractivity contribution < 1.29 is 4.79 Å². The first-order valence-corrected chi connectivity index (χ1v) is 10.3. The Balaban J connectivity index is 1.29. The molecule has 1 aliphatic heterocycles. The molecular weight excluding hydrogens is 360 g/mol. The Kier molecular flexibility index (Phi) is 6.06. The summed E-state index contributed by atoms with van der Waals surface area (Å²) in [5.41, 5.74) is 4.09. The number of hydrogen-bond acceptors (Lipinski definition) is 3. The zero-order chi connectivity index (χ0) is 20.1. The SMILES string of the molecule is C[C@H]1CCCN(Cc2ccc(C(=O)NCc3ccc(-n4ccnc4)cc3)cc2)C1. The van der Waals surface area contributed by atoms with Crippen molar-refractivity contribution in [1.82, 2.24) is 19.8 Å². The maximum Gasteiger partial charge on any atom is 0.251 e. The number of nitrogens with one attached hydrogen (secondary N) is 1. The number of likely N-dealkylation sites (tertiary alicyclic amines) is 1. The molecule has 1 amide bonds. The van der Waals surface area contributed by atoms with Gasteiger partial charge in [0.2, 0.25) is 0 Å². The van der Waals surface area contributed by atoms with Crippen molar-refractivity contribution >= 4 is 5.91 Å². The highest BCUT2D eigenvalue weighted by molar-refractivity contribution is 5.94. The molecule has 4 rings (SSSR count). The van der Waals surface area contributed by atoms with Crippen LogP contribution in [0.4, 0.5) is 0 Å². The van der Waals surface area contributed by atoms with Crippen LogP contribution in [0.15, 0.2) is 67.3 Å². The summed E-state index contributed by atoms with van der Waals surface area (Å²) >= 11 is 0. The third-order valence-corrected chi connectivity index (χ3v) is 5.56. The predicted octanol–water partition coefficient (Wildman–Crippen LogP) is 4.03. The summed E-state index contributed by atoms with van der Waals surface area (Å²) in [7, 11) is 0. The Hall–Kier alpha value is -2.92. The Morgan fingerprint density at radius 3 is 2.55 bits per heavy atom. The van der Waals surface area contributed by atoms with E-state index in [9.17, 15) is 4.79 Å². The summed E-state index contributed by atoms with van der Waals surface area (Å²) in [4.78, 5) is 19.1. The van der Waals surface area contributed by atoms with Gasteiger partial charge in [-0.15, -0.1) is 0 Å². The normalized spacial score (nSPS) is 17.2. The molecule has 1 saturated heterocycles. The maximum atomic E-state index is 12.5. The quantitative estimate of drug-likeness (QED) is 0.693. The number of amides is 1. The first kappa shape index (κ1) is 19.4.